The molecule has 1 amide bonds. The molecule has 0 aromatic carbocycles. The summed E-state index contributed by atoms with van der Waals surface area (Å²) in [5.41, 5.74) is 0. The zero-order valence-corrected chi connectivity index (χ0v) is 11.5. The summed E-state index contributed by atoms with van der Waals surface area (Å²) in [6.07, 6.45) is 2.29. The van der Waals surface area contributed by atoms with Gasteiger partial charge in [-0.2, -0.15) is 0 Å². The van der Waals surface area contributed by atoms with Crippen LogP contribution in [0.5, 0.6) is 0 Å². The van der Waals surface area contributed by atoms with Crippen molar-refractivity contribution in [3.05, 3.63) is 11.6 Å². The number of rotatable bonds is 2. The molecule has 19 heavy (non-hydrogen) atoms. The van der Waals surface area contributed by atoms with Gasteiger partial charge in [0, 0.05) is 31.6 Å². The quantitative estimate of drug-likeness (QED) is 0.826. The predicted molar refractivity (Wildman–Crippen MR) is 70.9 cm³/mol. The van der Waals surface area contributed by atoms with Crippen LogP contribution in [0.25, 0.3) is 0 Å². The Morgan fingerprint density at radius 3 is 3.00 bits per heavy atom. The lowest BCUT2D eigenvalue weighted by atomic mass is 9.92. The number of aromatic amines is 1. The Morgan fingerprint density at radius 1 is 1.42 bits per heavy atom. The molecule has 0 bridgehead atoms. The summed E-state index contributed by atoms with van der Waals surface area (Å²) in [6.45, 7) is 6.82. The first-order chi connectivity index (χ1) is 9.16. The third-order valence-corrected chi connectivity index (χ3v) is 4.18. The first-order valence-electron chi connectivity index (χ1n) is 7.11. The Bertz CT molecular complexity index is 469. The van der Waals surface area contributed by atoms with Crippen molar-refractivity contribution in [1.82, 2.24) is 25.4 Å². The minimum absolute atomic E-state index is 0.0263. The lowest BCUT2D eigenvalue weighted by Gasteiger charge is -2.36. The van der Waals surface area contributed by atoms with E-state index < -0.39 is 0 Å². The smallest absolute Gasteiger partial charge is 0.293 e. The maximum atomic E-state index is 12.5. The van der Waals surface area contributed by atoms with Gasteiger partial charge in [-0.1, -0.05) is 13.8 Å². The van der Waals surface area contributed by atoms with Gasteiger partial charge in [-0.25, -0.2) is 4.98 Å². The molecule has 2 N–H and O–H groups in total. The zero-order chi connectivity index (χ0) is 13.4. The standard InChI is InChI=1S/C13H21N5O/c1-8(2)11-15-12(17-16-11)13(19)18-5-3-4-9-6-14-7-10(9)18/h8-10,14H,3-7H2,1-2H3,(H,15,16,17). The third kappa shape index (κ3) is 2.25. The van der Waals surface area contributed by atoms with Crippen LogP contribution in [0, 0.1) is 5.92 Å². The largest absolute Gasteiger partial charge is 0.331 e. The molecular weight excluding hydrogens is 242 g/mol. The summed E-state index contributed by atoms with van der Waals surface area (Å²) >= 11 is 0. The Balaban J connectivity index is 1.78. The minimum Gasteiger partial charge on any atom is -0.331 e. The van der Waals surface area contributed by atoms with E-state index in [-0.39, 0.29) is 11.8 Å². The van der Waals surface area contributed by atoms with Gasteiger partial charge in [0.2, 0.25) is 5.82 Å². The van der Waals surface area contributed by atoms with Crippen molar-refractivity contribution < 1.29 is 4.79 Å². The number of nitrogens with zero attached hydrogens (tertiary/aromatic N) is 3. The fraction of sp³-hybridized carbons (Fsp3) is 0.769. The molecule has 3 heterocycles. The molecule has 104 valence electrons. The molecule has 2 atom stereocenters. The second kappa shape index (κ2) is 4.92. The maximum absolute atomic E-state index is 12.5. The fourth-order valence-electron chi connectivity index (χ4n) is 3.08. The van der Waals surface area contributed by atoms with Crippen molar-refractivity contribution >= 4 is 5.91 Å². The van der Waals surface area contributed by atoms with Gasteiger partial charge in [0.25, 0.3) is 5.91 Å². The summed E-state index contributed by atoms with van der Waals surface area (Å²) < 4.78 is 0. The van der Waals surface area contributed by atoms with Gasteiger partial charge in [0.1, 0.15) is 5.82 Å². The van der Waals surface area contributed by atoms with Crippen LogP contribution in [0.4, 0.5) is 0 Å². The van der Waals surface area contributed by atoms with Gasteiger partial charge in [-0.05, 0) is 18.8 Å². The molecule has 2 saturated heterocycles. The molecule has 6 heteroatoms. The van der Waals surface area contributed by atoms with Gasteiger partial charge in [-0.15, -0.1) is 5.10 Å². The Kier molecular flexibility index (Phi) is 3.26. The molecule has 0 spiro atoms. The average Bonchev–Trinajstić information content (AvgIpc) is 3.06. The first kappa shape index (κ1) is 12.6. The number of nitrogens with one attached hydrogen (secondary N) is 2. The lowest BCUT2D eigenvalue weighted by molar-refractivity contribution is 0.0562. The van der Waals surface area contributed by atoms with Gasteiger partial charge in [-0.3, -0.25) is 9.89 Å². The fourth-order valence-corrected chi connectivity index (χ4v) is 3.08. The van der Waals surface area contributed by atoms with Crippen LogP contribution in [-0.4, -0.2) is 51.7 Å². The summed E-state index contributed by atoms with van der Waals surface area (Å²) in [5.74, 6) is 1.93. The molecule has 2 aliphatic heterocycles. The highest BCUT2D eigenvalue weighted by Gasteiger charge is 2.38. The van der Waals surface area contributed by atoms with Crippen LogP contribution in [0.2, 0.25) is 0 Å². The number of likely N-dealkylation sites (tertiary alicyclic amines) is 1. The van der Waals surface area contributed by atoms with Crippen molar-refractivity contribution in [1.29, 1.82) is 0 Å². The molecule has 1 aromatic rings. The van der Waals surface area contributed by atoms with E-state index in [2.05, 4.69) is 20.5 Å². The normalized spacial score (nSPS) is 26.8. The summed E-state index contributed by atoms with van der Waals surface area (Å²) in [7, 11) is 0. The number of hydrogen-bond acceptors (Lipinski definition) is 4. The molecule has 0 saturated carbocycles. The first-order valence-corrected chi connectivity index (χ1v) is 7.11. The number of carbonyl (C=O) groups excluding carboxylic acids is 1. The summed E-state index contributed by atoms with van der Waals surface area (Å²) in [5, 5.41) is 10.3. The van der Waals surface area contributed by atoms with Crippen LogP contribution in [0.3, 0.4) is 0 Å². The Morgan fingerprint density at radius 2 is 2.26 bits per heavy atom. The van der Waals surface area contributed by atoms with Crippen molar-refractivity contribution in [2.75, 3.05) is 19.6 Å². The van der Waals surface area contributed by atoms with Gasteiger partial charge < -0.3 is 10.2 Å². The number of carbonyl (C=O) groups is 1. The van der Waals surface area contributed by atoms with Crippen molar-refractivity contribution in [3.8, 4) is 0 Å². The highest BCUT2D eigenvalue weighted by Crippen LogP contribution is 2.27. The Labute approximate surface area is 113 Å². The zero-order valence-electron chi connectivity index (χ0n) is 11.5. The summed E-state index contributed by atoms with van der Waals surface area (Å²) in [6, 6.07) is 0.322. The average molecular weight is 263 g/mol. The molecule has 3 rings (SSSR count). The van der Waals surface area contributed by atoms with Gasteiger partial charge >= 0.3 is 0 Å². The second-order valence-electron chi connectivity index (χ2n) is 5.83. The molecule has 2 aliphatic rings. The minimum atomic E-state index is -0.0263. The highest BCUT2D eigenvalue weighted by molar-refractivity contribution is 5.90. The molecule has 0 radical (unpaired) electrons. The number of H-pyrrole nitrogens is 1. The number of hydrogen-bond donors (Lipinski definition) is 2. The van der Waals surface area contributed by atoms with E-state index in [9.17, 15) is 4.79 Å². The Hall–Kier alpha value is -1.43. The number of amides is 1. The monoisotopic (exact) mass is 263 g/mol. The van der Waals surface area contributed by atoms with E-state index >= 15 is 0 Å². The predicted octanol–water partition coefficient (Wildman–Crippen LogP) is 0.752. The second-order valence-corrected chi connectivity index (χ2v) is 5.83. The summed E-state index contributed by atoms with van der Waals surface area (Å²) in [4.78, 5) is 18.8. The van der Waals surface area contributed by atoms with Crippen LogP contribution in [0.15, 0.2) is 0 Å². The van der Waals surface area contributed by atoms with E-state index in [1.165, 1.54) is 6.42 Å². The number of aromatic nitrogens is 3. The number of piperidine rings is 1. The lowest BCUT2D eigenvalue weighted by Crippen LogP contribution is -2.48. The molecule has 0 aliphatic carbocycles. The molecule has 6 nitrogen and oxygen atoms in total. The topological polar surface area (TPSA) is 73.9 Å². The molecule has 1 aromatic heterocycles. The molecule has 2 fully saturated rings. The van der Waals surface area contributed by atoms with E-state index in [1.807, 2.05) is 18.7 Å². The van der Waals surface area contributed by atoms with E-state index in [0.29, 0.717) is 17.8 Å². The van der Waals surface area contributed by atoms with Crippen molar-refractivity contribution in [2.24, 2.45) is 5.92 Å². The van der Waals surface area contributed by atoms with Gasteiger partial charge in [0.05, 0.1) is 0 Å². The van der Waals surface area contributed by atoms with E-state index in [0.717, 1.165) is 31.9 Å². The number of fused-ring (bicyclic) bond motifs is 1. The van der Waals surface area contributed by atoms with Crippen molar-refractivity contribution in [3.63, 3.8) is 0 Å². The van der Waals surface area contributed by atoms with Gasteiger partial charge in [0.15, 0.2) is 0 Å². The SMILES string of the molecule is CC(C)c1nc(C(=O)N2CCCC3CNCC32)n[nH]1. The van der Waals surface area contributed by atoms with Crippen LogP contribution in [0.1, 0.15) is 49.1 Å². The van der Waals surface area contributed by atoms with Crippen LogP contribution >= 0.6 is 0 Å². The van der Waals surface area contributed by atoms with Crippen LogP contribution < -0.4 is 5.32 Å². The molecular formula is C13H21N5O. The maximum Gasteiger partial charge on any atom is 0.293 e. The highest BCUT2D eigenvalue weighted by atomic mass is 16.2. The van der Waals surface area contributed by atoms with E-state index in [4.69, 9.17) is 0 Å². The van der Waals surface area contributed by atoms with E-state index in [1.54, 1.807) is 0 Å². The third-order valence-electron chi connectivity index (χ3n) is 4.18. The molecule has 2 unspecified atom stereocenters. The van der Waals surface area contributed by atoms with Crippen molar-refractivity contribution in [2.45, 2.75) is 38.6 Å². The van der Waals surface area contributed by atoms with Crippen LogP contribution in [-0.2, 0) is 0 Å².